The van der Waals surface area contributed by atoms with Crippen LogP contribution in [0, 0.1) is 5.92 Å². The van der Waals surface area contributed by atoms with Crippen molar-refractivity contribution in [2.24, 2.45) is 5.92 Å². The third-order valence-electron chi connectivity index (χ3n) is 3.32. The Morgan fingerprint density at radius 2 is 1.75 bits per heavy atom. The van der Waals surface area contributed by atoms with Crippen molar-refractivity contribution >= 4 is 17.9 Å². The molecule has 1 rings (SSSR count). The highest BCUT2D eigenvalue weighted by Crippen LogP contribution is 2.25. The summed E-state index contributed by atoms with van der Waals surface area (Å²) in [5.41, 5.74) is 0. The SMILES string of the molecule is CC(C)NC(=O)C(C)NC(=O)NC1CCCC1C(=O)O. The minimum atomic E-state index is -0.890. The molecule has 7 heteroatoms. The molecule has 0 saturated heterocycles. The lowest BCUT2D eigenvalue weighted by Crippen LogP contribution is -2.52. The Labute approximate surface area is 118 Å². The molecule has 114 valence electrons. The molecule has 0 aromatic rings. The van der Waals surface area contributed by atoms with Gasteiger partial charge in [0, 0.05) is 12.1 Å². The third-order valence-corrected chi connectivity index (χ3v) is 3.32. The zero-order chi connectivity index (χ0) is 15.3. The van der Waals surface area contributed by atoms with Crippen LogP contribution in [0.5, 0.6) is 0 Å². The molecular formula is C13H23N3O4. The summed E-state index contributed by atoms with van der Waals surface area (Å²) < 4.78 is 0. The van der Waals surface area contributed by atoms with Gasteiger partial charge in [-0.25, -0.2) is 4.79 Å². The second-order valence-electron chi connectivity index (χ2n) is 5.48. The van der Waals surface area contributed by atoms with Gasteiger partial charge in [-0.05, 0) is 33.6 Å². The normalized spacial score (nSPS) is 23.2. The maximum atomic E-state index is 11.8. The summed E-state index contributed by atoms with van der Waals surface area (Å²) in [7, 11) is 0. The number of hydrogen-bond donors (Lipinski definition) is 4. The minimum absolute atomic E-state index is 0.000958. The molecule has 20 heavy (non-hydrogen) atoms. The number of carbonyl (C=O) groups is 3. The first kappa shape index (κ1) is 16.3. The van der Waals surface area contributed by atoms with Gasteiger partial charge in [0.25, 0.3) is 0 Å². The van der Waals surface area contributed by atoms with E-state index in [1.807, 2.05) is 13.8 Å². The predicted octanol–water partition coefficient (Wildman–Crippen LogP) is 0.452. The smallest absolute Gasteiger partial charge is 0.315 e. The number of carbonyl (C=O) groups excluding carboxylic acids is 2. The van der Waals surface area contributed by atoms with E-state index in [9.17, 15) is 14.4 Å². The van der Waals surface area contributed by atoms with Crippen LogP contribution in [0.3, 0.4) is 0 Å². The highest BCUT2D eigenvalue weighted by molar-refractivity contribution is 5.87. The number of urea groups is 1. The number of amides is 3. The van der Waals surface area contributed by atoms with Gasteiger partial charge in [0.05, 0.1) is 5.92 Å². The Balaban J connectivity index is 2.43. The summed E-state index contributed by atoms with van der Waals surface area (Å²) in [6, 6.07) is -1.54. The zero-order valence-electron chi connectivity index (χ0n) is 12.1. The molecule has 0 spiro atoms. The van der Waals surface area contributed by atoms with Crippen LogP contribution in [0.1, 0.15) is 40.0 Å². The lowest BCUT2D eigenvalue weighted by atomic mass is 10.0. The van der Waals surface area contributed by atoms with Crippen molar-refractivity contribution in [2.75, 3.05) is 0 Å². The van der Waals surface area contributed by atoms with E-state index in [1.165, 1.54) is 0 Å². The van der Waals surface area contributed by atoms with Gasteiger partial charge in [-0.1, -0.05) is 6.42 Å². The summed E-state index contributed by atoms with van der Waals surface area (Å²) >= 11 is 0. The summed E-state index contributed by atoms with van der Waals surface area (Å²) in [5, 5.41) is 16.9. The molecule has 3 amide bonds. The lowest BCUT2D eigenvalue weighted by Gasteiger charge is -2.20. The molecule has 1 fully saturated rings. The predicted molar refractivity (Wildman–Crippen MR) is 73.2 cm³/mol. The van der Waals surface area contributed by atoms with E-state index >= 15 is 0 Å². The monoisotopic (exact) mass is 285 g/mol. The fourth-order valence-electron chi connectivity index (χ4n) is 2.31. The van der Waals surface area contributed by atoms with Gasteiger partial charge in [-0.2, -0.15) is 0 Å². The second kappa shape index (κ2) is 7.12. The first-order chi connectivity index (χ1) is 9.31. The fourth-order valence-corrected chi connectivity index (χ4v) is 2.31. The summed E-state index contributed by atoms with van der Waals surface area (Å²) in [6.07, 6.45) is 2.01. The van der Waals surface area contributed by atoms with E-state index in [0.29, 0.717) is 12.8 Å². The van der Waals surface area contributed by atoms with E-state index in [-0.39, 0.29) is 18.0 Å². The van der Waals surface area contributed by atoms with Crippen LogP contribution < -0.4 is 16.0 Å². The van der Waals surface area contributed by atoms with Crippen molar-refractivity contribution in [3.63, 3.8) is 0 Å². The van der Waals surface area contributed by atoms with Gasteiger partial charge < -0.3 is 21.1 Å². The zero-order valence-corrected chi connectivity index (χ0v) is 12.1. The van der Waals surface area contributed by atoms with Crippen LogP contribution in [0.25, 0.3) is 0 Å². The maximum absolute atomic E-state index is 11.8. The molecule has 3 unspecified atom stereocenters. The second-order valence-corrected chi connectivity index (χ2v) is 5.48. The van der Waals surface area contributed by atoms with Crippen molar-refractivity contribution in [2.45, 2.75) is 58.2 Å². The lowest BCUT2D eigenvalue weighted by molar-refractivity contribution is -0.142. The molecule has 3 atom stereocenters. The average Bonchev–Trinajstić information content (AvgIpc) is 2.75. The largest absolute Gasteiger partial charge is 0.481 e. The number of carboxylic acids is 1. The first-order valence-electron chi connectivity index (χ1n) is 6.91. The Bertz CT molecular complexity index is 384. The molecule has 4 N–H and O–H groups in total. The van der Waals surface area contributed by atoms with Crippen molar-refractivity contribution in [3.8, 4) is 0 Å². The fraction of sp³-hybridized carbons (Fsp3) is 0.769. The number of nitrogens with one attached hydrogen (secondary N) is 3. The Kier molecular flexibility index (Phi) is 5.79. The molecule has 1 saturated carbocycles. The molecule has 1 aliphatic rings. The standard InChI is InChI=1S/C13H23N3O4/c1-7(2)14-11(17)8(3)15-13(20)16-10-6-4-5-9(10)12(18)19/h7-10H,4-6H2,1-3H3,(H,14,17)(H,18,19)(H2,15,16,20). The molecule has 7 nitrogen and oxygen atoms in total. The summed E-state index contributed by atoms with van der Waals surface area (Å²) in [4.78, 5) is 34.4. The van der Waals surface area contributed by atoms with E-state index in [1.54, 1.807) is 6.92 Å². The van der Waals surface area contributed by atoms with E-state index in [2.05, 4.69) is 16.0 Å². The van der Waals surface area contributed by atoms with Crippen LogP contribution in [-0.2, 0) is 9.59 Å². The van der Waals surface area contributed by atoms with Crippen LogP contribution in [0.15, 0.2) is 0 Å². The number of rotatable bonds is 5. The van der Waals surface area contributed by atoms with Gasteiger partial charge in [-0.3, -0.25) is 9.59 Å². The molecule has 1 aliphatic carbocycles. The molecule has 0 bridgehead atoms. The summed E-state index contributed by atoms with van der Waals surface area (Å²) in [5.74, 6) is -1.70. The molecule has 0 radical (unpaired) electrons. The Morgan fingerprint density at radius 1 is 1.10 bits per heavy atom. The average molecular weight is 285 g/mol. The minimum Gasteiger partial charge on any atom is -0.481 e. The number of hydrogen-bond acceptors (Lipinski definition) is 3. The molecule has 0 aliphatic heterocycles. The van der Waals surface area contributed by atoms with Gasteiger partial charge >= 0.3 is 12.0 Å². The van der Waals surface area contributed by atoms with Crippen molar-refractivity contribution < 1.29 is 19.5 Å². The van der Waals surface area contributed by atoms with Crippen LogP contribution >= 0.6 is 0 Å². The third kappa shape index (κ3) is 4.71. The van der Waals surface area contributed by atoms with E-state index in [0.717, 1.165) is 6.42 Å². The maximum Gasteiger partial charge on any atom is 0.315 e. The molecular weight excluding hydrogens is 262 g/mol. The first-order valence-corrected chi connectivity index (χ1v) is 6.91. The number of carboxylic acid groups (broad SMARTS) is 1. The van der Waals surface area contributed by atoms with Gasteiger partial charge in [-0.15, -0.1) is 0 Å². The molecule has 0 aromatic heterocycles. The molecule has 0 heterocycles. The number of aliphatic carboxylic acids is 1. The Hall–Kier alpha value is -1.79. The highest BCUT2D eigenvalue weighted by Gasteiger charge is 2.34. The molecule has 0 aromatic carbocycles. The van der Waals surface area contributed by atoms with Gasteiger partial charge in [0.15, 0.2) is 0 Å². The van der Waals surface area contributed by atoms with Crippen LogP contribution in [-0.4, -0.2) is 41.1 Å². The van der Waals surface area contributed by atoms with E-state index in [4.69, 9.17) is 5.11 Å². The van der Waals surface area contributed by atoms with Crippen molar-refractivity contribution in [3.05, 3.63) is 0 Å². The van der Waals surface area contributed by atoms with Crippen LogP contribution in [0.2, 0.25) is 0 Å². The van der Waals surface area contributed by atoms with Gasteiger partial charge in [0.2, 0.25) is 5.91 Å². The van der Waals surface area contributed by atoms with Gasteiger partial charge in [0.1, 0.15) is 6.04 Å². The quantitative estimate of drug-likeness (QED) is 0.588. The Morgan fingerprint density at radius 3 is 2.30 bits per heavy atom. The highest BCUT2D eigenvalue weighted by atomic mass is 16.4. The topological polar surface area (TPSA) is 108 Å². The van der Waals surface area contributed by atoms with E-state index < -0.39 is 24.0 Å². The van der Waals surface area contributed by atoms with Crippen LogP contribution in [0.4, 0.5) is 4.79 Å². The summed E-state index contributed by atoms with van der Waals surface area (Å²) in [6.45, 7) is 5.25. The van der Waals surface area contributed by atoms with Crippen molar-refractivity contribution in [1.82, 2.24) is 16.0 Å². The van der Waals surface area contributed by atoms with Crippen molar-refractivity contribution in [1.29, 1.82) is 0 Å².